The van der Waals surface area contributed by atoms with Crippen LogP contribution in [0.2, 0.25) is 0 Å². The number of allylic oxidation sites excluding steroid dienone is 1. The number of amides is 1. The smallest absolute Gasteiger partial charge is 0.407 e. The maximum absolute atomic E-state index is 12.9. The zero-order valence-corrected chi connectivity index (χ0v) is 16.5. The number of phenolic OH excluding ortho intramolecular Hbond substituents is 1. The number of carbonyl (C=O) groups excluding carboxylic acids is 1. The van der Waals surface area contributed by atoms with E-state index >= 15 is 0 Å². The van der Waals surface area contributed by atoms with Crippen LogP contribution in [0.1, 0.15) is 21.5 Å². The number of nitrogens with one attached hydrogen (secondary N) is 1. The summed E-state index contributed by atoms with van der Waals surface area (Å²) < 4.78 is 5.94. The van der Waals surface area contributed by atoms with E-state index in [0.29, 0.717) is 49.6 Å². The Kier molecular flexibility index (Phi) is 4.59. The number of aromatic nitrogens is 2. The standard InChI is InChI=1S/C22H20N4O5/c27-17-4-3-15-19(28)18(10-13-11-24-21-14(13)2-1-5-23-21)31-20(15)16(17)12-25-6-8-26(9-7-25)22(29)30/h1-5,10-11,27H,6-9,12H2,(H,23,24)(H,29,30). The minimum Gasteiger partial charge on any atom is -0.507 e. The maximum Gasteiger partial charge on any atom is 0.407 e. The number of pyridine rings is 1. The van der Waals surface area contributed by atoms with Crippen molar-refractivity contribution >= 4 is 29.0 Å². The number of piperazine rings is 1. The van der Waals surface area contributed by atoms with Crippen molar-refractivity contribution in [1.29, 1.82) is 0 Å². The van der Waals surface area contributed by atoms with Crippen LogP contribution in [0.25, 0.3) is 17.1 Å². The Labute approximate surface area is 177 Å². The molecule has 9 heteroatoms. The van der Waals surface area contributed by atoms with Gasteiger partial charge in [-0.25, -0.2) is 9.78 Å². The number of ketones is 1. The highest BCUT2D eigenvalue weighted by Gasteiger charge is 2.32. The molecule has 0 saturated carbocycles. The molecular weight excluding hydrogens is 400 g/mol. The molecule has 5 rings (SSSR count). The Morgan fingerprint density at radius 3 is 2.81 bits per heavy atom. The zero-order valence-electron chi connectivity index (χ0n) is 16.5. The molecule has 1 fully saturated rings. The molecule has 31 heavy (non-hydrogen) atoms. The van der Waals surface area contributed by atoms with Crippen LogP contribution in [0.15, 0.2) is 42.4 Å². The molecule has 0 unspecified atom stereocenters. The Balaban J connectivity index is 1.42. The van der Waals surface area contributed by atoms with Gasteiger partial charge in [0.15, 0.2) is 5.76 Å². The van der Waals surface area contributed by atoms with Crippen LogP contribution in [-0.2, 0) is 6.54 Å². The maximum atomic E-state index is 12.9. The van der Waals surface area contributed by atoms with Crippen LogP contribution in [-0.4, -0.2) is 68.0 Å². The molecule has 0 radical (unpaired) electrons. The summed E-state index contributed by atoms with van der Waals surface area (Å²) in [6.07, 6.45) is 4.20. The van der Waals surface area contributed by atoms with Crippen LogP contribution in [0.4, 0.5) is 4.79 Å². The van der Waals surface area contributed by atoms with E-state index in [1.807, 2.05) is 17.0 Å². The van der Waals surface area contributed by atoms with Crippen LogP contribution >= 0.6 is 0 Å². The molecule has 4 heterocycles. The average Bonchev–Trinajstić information content (AvgIpc) is 3.32. The molecule has 0 spiro atoms. The monoisotopic (exact) mass is 420 g/mol. The SMILES string of the molecule is O=C1C(=Cc2c[nH]c3ncccc23)Oc2c1ccc(O)c2CN1CCN(C(=O)O)CC1. The van der Waals surface area contributed by atoms with Crippen molar-refractivity contribution < 1.29 is 24.5 Å². The summed E-state index contributed by atoms with van der Waals surface area (Å²) in [5.74, 6) is 0.340. The Morgan fingerprint density at radius 2 is 2.03 bits per heavy atom. The van der Waals surface area contributed by atoms with E-state index in [1.165, 1.54) is 11.0 Å². The van der Waals surface area contributed by atoms with E-state index in [2.05, 4.69) is 9.97 Å². The van der Waals surface area contributed by atoms with Gasteiger partial charge in [-0.2, -0.15) is 0 Å². The molecule has 2 aliphatic heterocycles. The highest BCUT2D eigenvalue weighted by molar-refractivity contribution is 6.15. The van der Waals surface area contributed by atoms with Gasteiger partial charge in [-0.15, -0.1) is 0 Å². The summed E-state index contributed by atoms with van der Waals surface area (Å²) in [4.78, 5) is 34.8. The van der Waals surface area contributed by atoms with Gasteiger partial charge in [-0.1, -0.05) is 0 Å². The molecule has 0 atom stereocenters. The lowest BCUT2D eigenvalue weighted by molar-refractivity contribution is 0.101. The summed E-state index contributed by atoms with van der Waals surface area (Å²) in [6.45, 7) is 2.22. The number of hydrogen-bond donors (Lipinski definition) is 3. The van der Waals surface area contributed by atoms with Crippen LogP contribution in [0, 0.1) is 0 Å². The number of rotatable bonds is 3. The van der Waals surface area contributed by atoms with Crippen LogP contribution < -0.4 is 4.74 Å². The molecule has 2 aliphatic rings. The fourth-order valence-corrected chi connectivity index (χ4v) is 4.01. The first-order chi connectivity index (χ1) is 15.0. The molecule has 1 aromatic carbocycles. The molecule has 3 N–H and O–H groups in total. The quantitative estimate of drug-likeness (QED) is 0.558. The number of aromatic hydroxyl groups is 1. The minimum absolute atomic E-state index is 0.0461. The molecule has 3 aromatic rings. The van der Waals surface area contributed by atoms with Crippen molar-refractivity contribution in [3.05, 3.63) is 59.1 Å². The van der Waals surface area contributed by atoms with Gasteiger partial charge in [0, 0.05) is 56.1 Å². The third-order valence-electron chi connectivity index (χ3n) is 5.71. The van der Waals surface area contributed by atoms with Gasteiger partial charge in [0.1, 0.15) is 17.1 Å². The van der Waals surface area contributed by atoms with E-state index in [4.69, 9.17) is 9.84 Å². The predicted octanol–water partition coefficient (Wildman–Crippen LogP) is 2.68. The van der Waals surface area contributed by atoms with Gasteiger partial charge in [0.2, 0.25) is 5.78 Å². The minimum atomic E-state index is -0.931. The molecule has 0 aliphatic carbocycles. The van der Waals surface area contributed by atoms with Crippen molar-refractivity contribution in [2.24, 2.45) is 0 Å². The lowest BCUT2D eigenvalue weighted by Crippen LogP contribution is -2.47. The number of ether oxygens (including phenoxy) is 1. The highest BCUT2D eigenvalue weighted by Crippen LogP contribution is 2.40. The number of fused-ring (bicyclic) bond motifs is 2. The zero-order chi connectivity index (χ0) is 21.5. The summed E-state index contributed by atoms with van der Waals surface area (Å²) in [7, 11) is 0. The molecule has 9 nitrogen and oxygen atoms in total. The highest BCUT2D eigenvalue weighted by atomic mass is 16.5. The predicted molar refractivity (Wildman–Crippen MR) is 112 cm³/mol. The number of benzene rings is 1. The second-order valence-electron chi connectivity index (χ2n) is 7.57. The second kappa shape index (κ2) is 7.44. The first-order valence-corrected chi connectivity index (χ1v) is 9.92. The number of hydrogen-bond acceptors (Lipinski definition) is 6. The van der Waals surface area contributed by atoms with Gasteiger partial charge in [-0.05, 0) is 30.3 Å². The third kappa shape index (κ3) is 3.38. The number of carboxylic acid groups (broad SMARTS) is 1. The molecular formula is C22H20N4O5. The summed E-state index contributed by atoms with van der Waals surface area (Å²) in [5.41, 5.74) is 2.44. The van der Waals surface area contributed by atoms with Crippen LogP contribution in [0.5, 0.6) is 11.5 Å². The van der Waals surface area contributed by atoms with Crippen LogP contribution in [0.3, 0.4) is 0 Å². The van der Waals surface area contributed by atoms with Crippen molar-refractivity contribution in [3.8, 4) is 11.5 Å². The van der Waals surface area contributed by atoms with Crippen molar-refractivity contribution in [2.45, 2.75) is 6.54 Å². The summed E-state index contributed by atoms with van der Waals surface area (Å²) in [6, 6.07) is 6.80. The number of aromatic amines is 1. The van der Waals surface area contributed by atoms with Gasteiger partial charge in [0.25, 0.3) is 0 Å². The second-order valence-corrected chi connectivity index (χ2v) is 7.57. The Hall–Kier alpha value is -3.85. The average molecular weight is 420 g/mol. The normalized spacial score (nSPS) is 17.9. The molecule has 0 bridgehead atoms. The van der Waals surface area contributed by atoms with E-state index < -0.39 is 6.09 Å². The van der Waals surface area contributed by atoms with Crippen molar-refractivity contribution in [3.63, 3.8) is 0 Å². The van der Waals surface area contributed by atoms with Gasteiger partial charge >= 0.3 is 6.09 Å². The molecule has 158 valence electrons. The Morgan fingerprint density at radius 1 is 1.23 bits per heavy atom. The number of Topliss-reactive ketones (excluding diaryl/α,β-unsaturated/α-hetero) is 1. The van der Waals surface area contributed by atoms with E-state index in [9.17, 15) is 14.7 Å². The molecule has 2 aromatic heterocycles. The number of nitrogens with zero attached hydrogens (tertiary/aromatic N) is 3. The fraction of sp³-hybridized carbons (Fsp3) is 0.227. The van der Waals surface area contributed by atoms with E-state index in [-0.39, 0.29) is 17.3 Å². The first-order valence-electron chi connectivity index (χ1n) is 9.92. The molecule has 1 saturated heterocycles. The number of carbonyl (C=O) groups is 2. The van der Waals surface area contributed by atoms with Gasteiger partial charge in [0.05, 0.1) is 11.1 Å². The lowest BCUT2D eigenvalue weighted by Gasteiger charge is -2.33. The van der Waals surface area contributed by atoms with E-state index in [1.54, 1.807) is 24.5 Å². The van der Waals surface area contributed by atoms with Crippen molar-refractivity contribution in [2.75, 3.05) is 26.2 Å². The third-order valence-corrected chi connectivity index (χ3v) is 5.71. The molecule has 1 amide bonds. The topological polar surface area (TPSA) is 119 Å². The largest absolute Gasteiger partial charge is 0.507 e. The van der Waals surface area contributed by atoms with Crippen molar-refractivity contribution in [1.82, 2.24) is 19.8 Å². The van der Waals surface area contributed by atoms with E-state index in [0.717, 1.165) is 16.6 Å². The lowest BCUT2D eigenvalue weighted by atomic mass is 10.0. The number of H-pyrrole nitrogens is 1. The first kappa shape index (κ1) is 19.1. The summed E-state index contributed by atoms with van der Waals surface area (Å²) >= 11 is 0. The van der Waals surface area contributed by atoms with Gasteiger partial charge in [-0.3, -0.25) is 9.69 Å². The fourth-order valence-electron chi connectivity index (χ4n) is 4.01. The Bertz CT molecular complexity index is 1220. The number of phenols is 1. The summed E-state index contributed by atoms with van der Waals surface area (Å²) in [5, 5.41) is 20.5. The van der Waals surface area contributed by atoms with Gasteiger partial charge < -0.3 is 24.8 Å².